The van der Waals surface area contributed by atoms with Crippen molar-refractivity contribution in [2.24, 2.45) is 5.92 Å². The van der Waals surface area contributed by atoms with Crippen LogP contribution in [0.4, 0.5) is 11.4 Å². The van der Waals surface area contributed by atoms with E-state index in [1.165, 1.54) is 13.2 Å². The first-order valence-corrected chi connectivity index (χ1v) is 6.87. The minimum Gasteiger partial charge on any atom is -0.490 e. The molecule has 0 unspecified atom stereocenters. The number of nitro groups is 1. The molecule has 1 aliphatic rings. The third kappa shape index (κ3) is 3.19. The van der Waals surface area contributed by atoms with Gasteiger partial charge in [0.2, 0.25) is 0 Å². The first kappa shape index (κ1) is 14.6. The van der Waals surface area contributed by atoms with Crippen LogP contribution in [-0.2, 0) is 0 Å². The molecule has 0 aromatic heterocycles. The van der Waals surface area contributed by atoms with Crippen LogP contribution < -0.4 is 15.0 Å². The summed E-state index contributed by atoms with van der Waals surface area (Å²) in [7, 11) is 3.44. The second-order valence-corrected chi connectivity index (χ2v) is 5.10. The van der Waals surface area contributed by atoms with E-state index in [4.69, 9.17) is 4.74 Å². The van der Waals surface area contributed by atoms with Crippen LogP contribution in [0.2, 0.25) is 0 Å². The number of hydrogen-bond acceptors (Lipinski definition) is 5. The molecular weight excluding hydrogens is 258 g/mol. The maximum atomic E-state index is 10.9. The summed E-state index contributed by atoms with van der Waals surface area (Å²) in [6.07, 6.45) is 2.28. The fourth-order valence-electron chi connectivity index (χ4n) is 2.70. The summed E-state index contributed by atoms with van der Waals surface area (Å²) in [4.78, 5) is 12.7. The van der Waals surface area contributed by atoms with Gasteiger partial charge in [0, 0.05) is 30.9 Å². The van der Waals surface area contributed by atoms with E-state index >= 15 is 0 Å². The Kier molecular flexibility index (Phi) is 4.79. The molecule has 0 amide bonds. The molecule has 0 atom stereocenters. The first-order chi connectivity index (χ1) is 9.65. The van der Waals surface area contributed by atoms with E-state index in [1.54, 1.807) is 12.1 Å². The molecule has 0 spiro atoms. The van der Waals surface area contributed by atoms with E-state index in [0.717, 1.165) is 44.1 Å². The van der Waals surface area contributed by atoms with Crippen molar-refractivity contribution in [3.05, 3.63) is 28.3 Å². The van der Waals surface area contributed by atoms with Crippen LogP contribution in [0.5, 0.6) is 5.75 Å². The number of hydrogen-bond donors (Lipinski definition) is 1. The number of anilines is 1. The smallest absolute Gasteiger partial charge is 0.311 e. The van der Waals surface area contributed by atoms with Gasteiger partial charge in [-0.2, -0.15) is 0 Å². The van der Waals surface area contributed by atoms with Gasteiger partial charge < -0.3 is 15.0 Å². The number of benzene rings is 1. The van der Waals surface area contributed by atoms with Crippen LogP contribution in [0.1, 0.15) is 12.8 Å². The second-order valence-electron chi connectivity index (χ2n) is 5.10. The second kappa shape index (κ2) is 6.56. The highest BCUT2D eigenvalue weighted by Crippen LogP contribution is 2.32. The lowest BCUT2D eigenvalue weighted by atomic mass is 9.96. The molecule has 20 heavy (non-hydrogen) atoms. The zero-order chi connectivity index (χ0) is 14.5. The van der Waals surface area contributed by atoms with Gasteiger partial charge in [-0.25, -0.2) is 0 Å². The average Bonchev–Trinajstić information content (AvgIpc) is 2.47. The molecule has 1 aromatic rings. The van der Waals surface area contributed by atoms with Crippen molar-refractivity contribution >= 4 is 11.4 Å². The Bertz CT molecular complexity index is 471. The molecule has 2 rings (SSSR count). The Morgan fingerprint density at radius 2 is 2.15 bits per heavy atom. The first-order valence-electron chi connectivity index (χ1n) is 6.87. The quantitative estimate of drug-likeness (QED) is 0.660. The van der Waals surface area contributed by atoms with E-state index in [9.17, 15) is 10.1 Å². The molecule has 1 heterocycles. The SMILES string of the molecule is CNCC1CCN(c2ccc([N+](=O)[O-])c(OC)c2)CC1. The fraction of sp³-hybridized carbons (Fsp3) is 0.571. The molecule has 110 valence electrons. The molecule has 6 heteroatoms. The Hall–Kier alpha value is -1.82. The molecule has 6 nitrogen and oxygen atoms in total. The van der Waals surface area contributed by atoms with E-state index in [1.807, 2.05) is 7.05 Å². The van der Waals surface area contributed by atoms with Crippen LogP contribution in [0.15, 0.2) is 18.2 Å². The zero-order valence-corrected chi connectivity index (χ0v) is 12.0. The van der Waals surface area contributed by atoms with E-state index in [0.29, 0.717) is 5.75 Å². The number of ether oxygens (including phenoxy) is 1. The Balaban J connectivity index is 2.08. The van der Waals surface area contributed by atoms with Crippen molar-refractivity contribution in [3.8, 4) is 5.75 Å². The summed E-state index contributed by atoms with van der Waals surface area (Å²) in [5.74, 6) is 1.04. The van der Waals surface area contributed by atoms with Gasteiger partial charge >= 0.3 is 5.69 Å². The number of nitrogens with one attached hydrogen (secondary N) is 1. The predicted octanol–water partition coefficient (Wildman–Crippen LogP) is 2.04. The van der Waals surface area contributed by atoms with Gasteiger partial charge in [0.1, 0.15) is 0 Å². The minimum absolute atomic E-state index is 0.0151. The van der Waals surface area contributed by atoms with E-state index in [2.05, 4.69) is 10.2 Å². The summed E-state index contributed by atoms with van der Waals surface area (Å²) in [6, 6.07) is 5.09. The van der Waals surface area contributed by atoms with E-state index < -0.39 is 4.92 Å². The van der Waals surface area contributed by atoms with Gasteiger partial charge in [-0.15, -0.1) is 0 Å². The minimum atomic E-state index is -0.415. The summed E-state index contributed by atoms with van der Waals surface area (Å²) in [6.45, 7) is 3.01. The zero-order valence-electron chi connectivity index (χ0n) is 12.0. The van der Waals surface area contributed by atoms with Gasteiger partial charge in [0.05, 0.1) is 12.0 Å². The van der Waals surface area contributed by atoms with Crippen molar-refractivity contribution in [1.82, 2.24) is 5.32 Å². The van der Waals surface area contributed by atoms with E-state index in [-0.39, 0.29) is 5.69 Å². The van der Waals surface area contributed by atoms with Gasteiger partial charge in [-0.3, -0.25) is 10.1 Å². The van der Waals surface area contributed by atoms with Gasteiger partial charge in [0.15, 0.2) is 5.75 Å². The number of nitrogens with zero attached hydrogens (tertiary/aromatic N) is 2. The topological polar surface area (TPSA) is 67.6 Å². The number of methoxy groups -OCH3 is 1. The number of nitro benzene ring substituents is 1. The Morgan fingerprint density at radius 3 is 2.70 bits per heavy atom. The van der Waals surface area contributed by atoms with Crippen LogP contribution in [0.3, 0.4) is 0 Å². The molecule has 0 aliphatic carbocycles. The summed E-state index contributed by atoms with van der Waals surface area (Å²) in [5.41, 5.74) is 1.01. The van der Waals surface area contributed by atoms with Crippen LogP contribution in [-0.4, -0.2) is 38.7 Å². The summed E-state index contributed by atoms with van der Waals surface area (Å²) in [5, 5.41) is 14.1. The molecule has 0 bridgehead atoms. The summed E-state index contributed by atoms with van der Waals surface area (Å²) >= 11 is 0. The lowest BCUT2D eigenvalue weighted by Crippen LogP contribution is -2.36. The molecule has 1 fully saturated rings. The highest BCUT2D eigenvalue weighted by molar-refractivity contribution is 5.59. The van der Waals surface area contributed by atoms with Crippen molar-refractivity contribution in [1.29, 1.82) is 0 Å². The Morgan fingerprint density at radius 1 is 1.45 bits per heavy atom. The van der Waals surface area contributed by atoms with Crippen molar-refractivity contribution in [3.63, 3.8) is 0 Å². The normalized spacial score (nSPS) is 16.2. The lowest BCUT2D eigenvalue weighted by molar-refractivity contribution is -0.385. The van der Waals surface area contributed by atoms with Crippen molar-refractivity contribution < 1.29 is 9.66 Å². The van der Waals surface area contributed by atoms with Crippen LogP contribution in [0.25, 0.3) is 0 Å². The van der Waals surface area contributed by atoms with Gasteiger partial charge in [-0.1, -0.05) is 0 Å². The molecule has 0 saturated carbocycles. The predicted molar refractivity (Wildman–Crippen MR) is 78.5 cm³/mol. The van der Waals surface area contributed by atoms with Gasteiger partial charge in [0.25, 0.3) is 0 Å². The fourth-order valence-corrected chi connectivity index (χ4v) is 2.70. The standard InChI is InChI=1S/C14H21N3O3/c1-15-10-11-5-7-16(8-6-11)12-3-4-13(17(18)19)14(9-12)20-2/h3-4,9,11,15H,5-8,10H2,1-2H3. The maximum absolute atomic E-state index is 10.9. The third-order valence-corrected chi connectivity index (χ3v) is 3.83. The average molecular weight is 279 g/mol. The molecular formula is C14H21N3O3. The van der Waals surface area contributed by atoms with Crippen LogP contribution in [0, 0.1) is 16.0 Å². The maximum Gasteiger partial charge on any atom is 0.311 e. The lowest BCUT2D eigenvalue weighted by Gasteiger charge is -2.33. The highest BCUT2D eigenvalue weighted by Gasteiger charge is 2.21. The number of rotatable bonds is 5. The largest absolute Gasteiger partial charge is 0.490 e. The summed E-state index contributed by atoms with van der Waals surface area (Å²) < 4.78 is 5.12. The molecule has 1 aliphatic heterocycles. The molecule has 0 radical (unpaired) electrons. The van der Waals surface area contributed by atoms with Gasteiger partial charge in [-0.05, 0) is 38.4 Å². The number of piperidine rings is 1. The highest BCUT2D eigenvalue weighted by atomic mass is 16.6. The Labute approximate surface area is 118 Å². The van der Waals surface area contributed by atoms with Crippen molar-refractivity contribution in [2.45, 2.75) is 12.8 Å². The monoisotopic (exact) mass is 279 g/mol. The molecule has 1 N–H and O–H groups in total. The molecule has 1 saturated heterocycles. The van der Waals surface area contributed by atoms with Crippen molar-refractivity contribution in [2.75, 3.05) is 38.7 Å². The third-order valence-electron chi connectivity index (χ3n) is 3.83. The van der Waals surface area contributed by atoms with Crippen LogP contribution >= 0.6 is 0 Å². The molecule has 1 aromatic carbocycles.